The maximum absolute atomic E-state index is 11.9. The van der Waals surface area contributed by atoms with Gasteiger partial charge in [-0.25, -0.2) is 0 Å². The van der Waals surface area contributed by atoms with Gasteiger partial charge in [-0.05, 0) is 264 Å². The van der Waals surface area contributed by atoms with Crippen LogP contribution in [-0.4, -0.2) is 41.2 Å². The molecule has 0 amide bonds. The summed E-state index contributed by atoms with van der Waals surface area (Å²) < 4.78 is 9.95. The molecule has 0 atom stereocenters. The van der Waals surface area contributed by atoms with Crippen molar-refractivity contribution < 1.29 is 50.7 Å². The van der Waals surface area contributed by atoms with Crippen molar-refractivity contribution in [1.29, 1.82) is 0 Å². The fraction of sp³-hybridized carbons (Fsp3) is 0.0849. The summed E-state index contributed by atoms with van der Waals surface area (Å²) in [5.74, 6) is 0.807. The second-order valence-electron chi connectivity index (χ2n) is 31.0. The second kappa shape index (κ2) is 31.2. The molecule has 0 saturated heterocycles. The van der Waals surface area contributed by atoms with Gasteiger partial charge in [-0.15, -0.1) is 0 Å². The summed E-state index contributed by atoms with van der Waals surface area (Å²) in [4.78, 5) is 16.6. The smallest absolute Gasteiger partial charge is 1.00 e. The number of ether oxygens (including phenoxy) is 1. The molecular weight excluding hydrogens is 1430 g/mol. The summed E-state index contributed by atoms with van der Waals surface area (Å²) in [5.41, 5.74) is 35.0. The zero-order chi connectivity index (χ0) is 77.3. The Hall–Kier alpha value is -12.8. The zero-order valence-corrected chi connectivity index (χ0v) is 67.7. The Kier molecular flexibility index (Phi) is 20.4. The van der Waals surface area contributed by atoms with Crippen molar-refractivity contribution in [2.45, 2.75) is 51.7 Å². The maximum Gasteiger partial charge on any atom is 1.00 e. The fourth-order valence-corrected chi connectivity index (χ4v) is 17.7. The van der Waals surface area contributed by atoms with Crippen LogP contribution in [0, 0.1) is 0 Å². The first-order chi connectivity index (χ1) is 55.8. The third-order valence-electron chi connectivity index (χ3n) is 23.7. The molecule has 20 rings (SSSR count). The van der Waals surface area contributed by atoms with Crippen LogP contribution in [0.3, 0.4) is 0 Å². The molecule has 0 saturated carbocycles. The van der Waals surface area contributed by atoms with E-state index in [9.17, 15) is 15.0 Å². The van der Waals surface area contributed by atoms with Gasteiger partial charge in [0.1, 0.15) is 12.0 Å². The van der Waals surface area contributed by atoms with Crippen LogP contribution in [0.5, 0.6) is 5.75 Å². The standard InChI is InChI=1S/C53H40N2O2.C53H42N2O2.B.Na.H/c1-53(2)49-12-8-7-11-45(49)46-28-25-43(33-50(46)53)54(40-19-14-37(15-20-40)36-9-5-4-6-10-36)41-21-16-38(17-22-41)39-18-30-52-48(32-39)47-31-35(34-56)13-29-51(47)55(52)42-23-26-44(57-3)27-24-42;1-53(2)49-11-7-6-10-45(49)46-27-26-44(32-50(46)53)54(41-22-15-38(16-23-41)37-8-4-3-5-9-37)42-24-17-39(18-25-42)40-19-29-52-48(31-40)47-30-36(34-57)14-28-51(47)55(52)43-20-12-35(33-56)13-21-43;;;/h4-34H,1-3H3;3-32,56-57H,33-34H2,1-2H3;;;/q;;;+1;-1. The summed E-state index contributed by atoms with van der Waals surface area (Å²) in [6.07, 6.45) is 0.917. The van der Waals surface area contributed by atoms with Crippen LogP contribution in [0.2, 0.25) is 0 Å². The van der Waals surface area contributed by atoms with Gasteiger partial charge in [-0.1, -0.05) is 228 Å². The molecule has 0 bridgehead atoms. The van der Waals surface area contributed by atoms with Gasteiger partial charge in [0, 0.05) is 91.9 Å². The molecule has 2 aliphatic rings. The summed E-state index contributed by atoms with van der Waals surface area (Å²) in [5, 5.41) is 24.1. The maximum atomic E-state index is 11.9. The predicted octanol–water partition coefficient (Wildman–Crippen LogP) is 23.3. The van der Waals surface area contributed by atoms with E-state index < -0.39 is 0 Å². The number of carbonyl (C=O) groups excluding carboxylic acids is 1. The van der Waals surface area contributed by atoms with Gasteiger partial charge in [0.15, 0.2) is 0 Å². The molecule has 3 radical (unpaired) electrons. The number of aldehydes is 1. The molecule has 2 aromatic heterocycles. The Morgan fingerprint density at radius 1 is 0.319 bits per heavy atom. The topological polar surface area (TPSA) is 83.1 Å². The van der Waals surface area contributed by atoms with Crippen molar-refractivity contribution in [3.05, 3.63) is 403 Å². The molecule has 555 valence electrons. The SMILES string of the molecule is CC1(C)c2ccccc2-c2ccc(N(c3ccc(-c4ccccc4)cc3)c3ccc(-c4ccc5c(c4)c4cc(CO)ccc4n5-c4ccc(CO)cc4)cc3)cc21.COc1ccc(-n2c3ccc(C=O)cc3c3cc(-c4ccc(N(c5ccc(-c6ccccc6)cc5)c5ccc6c(c5)C(C)(C)c5ccccc5-6)cc4)ccc32)cc1.[B].[H-].[Na+]. The van der Waals surface area contributed by atoms with E-state index in [4.69, 9.17) is 4.74 Å². The van der Waals surface area contributed by atoms with Gasteiger partial charge >= 0.3 is 29.6 Å². The Morgan fingerprint density at radius 3 is 1.04 bits per heavy atom. The average Bonchev–Trinajstić information content (AvgIpc) is 1.60. The number of hydrogen-bond acceptors (Lipinski definition) is 6. The molecule has 0 unspecified atom stereocenters. The van der Waals surface area contributed by atoms with Gasteiger partial charge in [0.25, 0.3) is 0 Å². The number of nitrogens with zero attached hydrogens (tertiary/aromatic N) is 4. The minimum absolute atomic E-state index is 0. The van der Waals surface area contributed by atoms with Gasteiger partial charge in [0.05, 0.1) is 42.4 Å². The van der Waals surface area contributed by atoms with E-state index >= 15 is 0 Å². The molecule has 2 N–H and O–H groups in total. The molecule has 16 aromatic carbocycles. The minimum Gasteiger partial charge on any atom is -1.00 e. The van der Waals surface area contributed by atoms with E-state index in [2.05, 4.69) is 362 Å². The van der Waals surface area contributed by atoms with Crippen LogP contribution in [0.25, 0.3) is 122 Å². The first-order valence-corrected chi connectivity index (χ1v) is 39.0. The number of rotatable bonds is 16. The predicted molar refractivity (Wildman–Crippen MR) is 478 cm³/mol. The number of benzene rings is 16. The van der Waals surface area contributed by atoms with Crippen molar-refractivity contribution in [3.63, 3.8) is 0 Å². The number of aliphatic hydroxyl groups is 2. The Balaban J connectivity index is 0.000000171. The van der Waals surface area contributed by atoms with Crippen LogP contribution >= 0.6 is 0 Å². The summed E-state index contributed by atoms with van der Waals surface area (Å²) in [7, 11) is 1.68. The van der Waals surface area contributed by atoms with Gasteiger partial charge in [-0.3, -0.25) is 4.79 Å². The largest absolute Gasteiger partial charge is 1.00 e. The zero-order valence-electron chi connectivity index (χ0n) is 66.7. The van der Waals surface area contributed by atoms with E-state index in [0.29, 0.717) is 5.56 Å². The molecule has 0 aliphatic heterocycles. The molecular formula is C106H83BN4NaO4. The molecule has 8 nitrogen and oxygen atoms in total. The van der Waals surface area contributed by atoms with Crippen molar-refractivity contribution in [3.8, 4) is 83.9 Å². The number of carbonyl (C=O) groups is 1. The third-order valence-corrected chi connectivity index (χ3v) is 23.7. The molecule has 2 aliphatic carbocycles. The fourth-order valence-electron chi connectivity index (χ4n) is 17.7. The van der Waals surface area contributed by atoms with Crippen LogP contribution in [0.1, 0.15) is 72.9 Å². The number of aliphatic hydroxyl groups excluding tert-OH is 2. The van der Waals surface area contributed by atoms with Gasteiger partial charge in [-0.2, -0.15) is 0 Å². The van der Waals surface area contributed by atoms with Crippen LogP contribution in [0.4, 0.5) is 34.1 Å². The Labute approximate surface area is 702 Å². The molecule has 10 heteroatoms. The van der Waals surface area contributed by atoms with Gasteiger partial charge < -0.3 is 35.3 Å². The van der Waals surface area contributed by atoms with Crippen molar-refractivity contribution in [2.24, 2.45) is 0 Å². The molecule has 0 fully saturated rings. The molecule has 2 heterocycles. The van der Waals surface area contributed by atoms with Crippen LogP contribution < -0.4 is 44.1 Å². The van der Waals surface area contributed by atoms with Crippen molar-refractivity contribution in [1.82, 2.24) is 9.13 Å². The number of fused-ring (bicyclic) bond motifs is 12. The molecule has 116 heavy (non-hydrogen) atoms. The monoisotopic (exact) mass is 1510 g/mol. The first kappa shape index (κ1) is 75.8. The molecule has 0 spiro atoms. The Bertz CT molecular complexity index is 6730. The minimum atomic E-state index is -0.115. The number of methoxy groups -OCH3 is 1. The number of aromatic nitrogens is 2. The van der Waals surface area contributed by atoms with E-state index in [1.54, 1.807) is 7.11 Å². The summed E-state index contributed by atoms with van der Waals surface area (Å²) in [6, 6.07) is 130. The van der Waals surface area contributed by atoms with Crippen molar-refractivity contribution in [2.75, 3.05) is 16.9 Å². The average molecular weight is 1510 g/mol. The van der Waals surface area contributed by atoms with E-state index in [0.717, 1.165) is 135 Å². The third kappa shape index (κ3) is 13.4. The van der Waals surface area contributed by atoms with E-state index in [1.165, 1.54) is 66.8 Å². The quantitative estimate of drug-likeness (QED) is 0.0741. The molecule has 18 aromatic rings. The first-order valence-electron chi connectivity index (χ1n) is 39.0. The Morgan fingerprint density at radius 2 is 0.638 bits per heavy atom. The number of hydrogen-bond donors (Lipinski definition) is 2. The van der Waals surface area contributed by atoms with E-state index in [-0.39, 0.29) is 63.4 Å². The van der Waals surface area contributed by atoms with Crippen LogP contribution in [0.15, 0.2) is 364 Å². The van der Waals surface area contributed by atoms with E-state index in [1.807, 2.05) is 48.5 Å². The normalized spacial score (nSPS) is 12.5. The van der Waals surface area contributed by atoms with Crippen molar-refractivity contribution >= 4 is 92.4 Å². The second-order valence-corrected chi connectivity index (χ2v) is 31.0. The summed E-state index contributed by atoms with van der Waals surface area (Å²) in [6.45, 7) is 9.32. The van der Waals surface area contributed by atoms with Crippen LogP contribution in [-0.2, 0) is 24.0 Å². The summed E-state index contributed by atoms with van der Waals surface area (Å²) >= 11 is 0. The van der Waals surface area contributed by atoms with Gasteiger partial charge in [0.2, 0.25) is 0 Å². The number of anilines is 6.